The number of benzene rings is 1. The fraction of sp³-hybridized carbons (Fsp3) is 0.471. The summed E-state index contributed by atoms with van der Waals surface area (Å²) in [6.45, 7) is 5.08. The Morgan fingerprint density at radius 2 is 2.20 bits per heavy atom. The molecule has 0 spiro atoms. The quantitative estimate of drug-likeness (QED) is 0.539. The molecule has 2 aromatic rings. The van der Waals surface area contributed by atoms with Gasteiger partial charge in [-0.25, -0.2) is 0 Å². The van der Waals surface area contributed by atoms with Crippen LogP contribution >= 0.6 is 23.8 Å². The van der Waals surface area contributed by atoms with Gasteiger partial charge in [0.05, 0.1) is 24.5 Å². The summed E-state index contributed by atoms with van der Waals surface area (Å²) in [5, 5.41) is 12.0. The fourth-order valence-corrected chi connectivity index (χ4v) is 2.88. The van der Waals surface area contributed by atoms with E-state index in [-0.39, 0.29) is 0 Å². The number of rotatable bonds is 8. The number of hydrogen-bond donors (Lipinski definition) is 1. The van der Waals surface area contributed by atoms with Crippen molar-refractivity contribution < 1.29 is 9.47 Å². The highest BCUT2D eigenvalue weighted by molar-refractivity contribution is 7.71. The topological polar surface area (TPSA) is 64.4 Å². The molecule has 0 amide bonds. The molecule has 0 atom stereocenters. The zero-order valence-corrected chi connectivity index (χ0v) is 15.9. The molecule has 1 aromatic heterocycles. The average Bonchev–Trinajstić information content (AvgIpc) is 3.36. The number of nitrogens with zero attached hydrogens (tertiary/aromatic N) is 3. The Hall–Kier alpha value is -1.86. The Balaban J connectivity index is 1.89. The van der Waals surface area contributed by atoms with Crippen molar-refractivity contribution in [2.45, 2.75) is 39.0 Å². The molecule has 134 valence electrons. The maximum absolute atomic E-state index is 6.38. The molecule has 1 saturated carbocycles. The number of ether oxygens (including phenoxy) is 2. The number of hydrogen-bond acceptors (Lipinski definition) is 5. The maximum atomic E-state index is 6.38. The van der Waals surface area contributed by atoms with Gasteiger partial charge in [-0.15, -0.1) is 0 Å². The first-order chi connectivity index (χ1) is 12.1. The summed E-state index contributed by atoms with van der Waals surface area (Å²) in [5.74, 6) is 2.50. The monoisotopic (exact) mass is 380 g/mol. The van der Waals surface area contributed by atoms with E-state index in [9.17, 15) is 0 Å². The molecule has 0 saturated heterocycles. The molecule has 0 bridgehead atoms. The predicted octanol–water partition coefficient (Wildman–Crippen LogP) is 4.54. The SMILES string of the molecule is CCCOc1c(Cl)cc(/C=N\n2c(C3CC3)n[nH]c2=S)cc1OCC. The lowest BCUT2D eigenvalue weighted by Crippen LogP contribution is -2.02. The molecule has 25 heavy (non-hydrogen) atoms. The van der Waals surface area contributed by atoms with Crippen molar-refractivity contribution in [3.05, 3.63) is 33.3 Å². The Kier molecular flexibility index (Phi) is 5.75. The number of nitrogens with one attached hydrogen (secondary N) is 1. The largest absolute Gasteiger partial charge is 0.490 e. The van der Waals surface area contributed by atoms with Crippen LogP contribution in [-0.2, 0) is 0 Å². The minimum absolute atomic E-state index is 0.442. The van der Waals surface area contributed by atoms with Crippen LogP contribution in [0.5, 0.6) is 11.5 Å². The number of aromatic amines is 1. The summed E-state index contributed by atoms with van der Waals surface area (Å²) in [6.07, 6.45) is 4.85. The van der Waals surface area contributed by atoms with Gasteiger partial charge in [0.2, 0.25) is 4.77 Å². The van der Waals surface area contributed by atoms with Gasteiger partial charge in [0.1, 0.15) is 0 Å². The van der Waals surface area contributed by atoms with Gasteiger partial charge in [-0.2, -0.15) is 14.9 Å². The lowest BCUT2D eigenvalue weighted by atomic mass is 10.2. The zero-order chi connectivity index (χ0) is 17.8. The van der Waals surface area contributed by atoms with E-state index < -0.39 is 0 Å². The van der Waals surface area contributed by atoms with Crippen LogP contribution in [0.15, 0.2) is 17.2 Å². The van der Waals surface area contributed by atoms with Crippen LogP contribution in [0.2, 0.25) is 5.02 Å². The molecule has 1 N–H and O–H groups in total. The van der Waals surface area contributed by atoms with E-state index in [1.165, 1.54) is 0 Å². The van der Waals surface area contributed by atoms with Gasteiger partial charge in [-0.05, 0) is 56.1 Å². The number of H-pyrrole nitrogens is 1. The van der Waals surface area contributed by atoms with Crippen LogP contribution in [-0.4, -0.2) is 34.3 Å². The van der Waals surface area contributed by atoms with E-state index >= 15 is 0 Å². The van der Waals surface area contributed by atoms with E-state index in [4.69, 9.17) is 33.3 Å². The first kappa shape index (κ1) is 17.9. The molecule has 6 nitrogen and oxygen atoms in total. The molecule has 0 radical (unpaired) electrons. The second-order valence-corrected chi connectivity index (χ2v) is 6.62. The molecule has 1 fully saturated rings. The van der Waals surface area contributed by atoms with Crippen LogP contribution in [0, 0.1) is 4.77 Å². The molecule has 1 aromatic carbocycles. The van der Waals surface area contributed by atoms with Crippen molar-refractivity contribution >= 4 is 30.0 Å². The van der Waals surface area contributed by atoms with Crippen LogP contribution in [0.25, 0.3) is 0 Å². The standard InChI is InChI=1S/C17H21ClN4O2S/c1-3-7-24-15-13(18)8-11(9-14(15)23-4-2)10-19-22-16(12-5-6-12)20-21-17(22)25/h8-10,12H,3-7H2,1-2H3,(H,21,25)/b19-10-. The van der Waals surface area contributed by atoms with Crippen molar-refractivity contribution in [2.75, 3.05) is 13.2 Å². The minimum atomic E-state index is 0.442. The van der Waals surface area contributed by atoms with Crippen LogP contribution in [0.3, 0.4) is 0 Å². The molecule has 1 heterocycles. The Morgan fingerprint density at radius 1 is 1.40 bits per heavy atom. The zero-order valence-electron chi connectivity index (χ0n) is 14.3. The van der Waals surface area contributed by atoms with E-state index in [0.29, 0.717) is 40.4 Å². The van der Waals surface area contributed by atoms with E-state index in [2.05, 4.69) is 15.3 Å². The van der Waals surface area contributed by atoms with Crippen LogP contribution in [0.4, 0.5) is 0 Å². The molecule has 8 heteroatoms. The summed E-state index contributed by atoms with van der Waals surface area (Å²) >= 11 is 11.6. The highest BCUT2D eigenvalue weighted by Gasteiger charge is 2.29. The molecular weight excluding hydrogens is 360 g/mol. The van der Waals surface area contributed by atoms with Crippen molar-refractivity contribution in [1.82, 2.24) is 14.9 Å². The summed E-state index contributed by atoms with van der Waals surface area (Å²) in [6, 6.07) is 3.67. The minimum Gasteiger partial charge on any atom is -0.490 e. The number of halogens is 1. The molecular formula is C17H21ClN4O2S. The summed E-state index contributed by atoms with van der Waals surface area (Å²) in [7, 11) is 0. The Labute approximate surface area is 156 Å². The lowest BCUT2D eigenvalue weighted by molar-refractivity contribution is 0.277. The fourth-order valence-electron chi connectivity index (χ4n) is 2.42. The second kappa shape index (κ2) is 8.01. The third kappa shape index (κ3) is 4.22. The highest BCUT2D eigenvalue weighted by atomic mass is 35.5. The molecule has 0 unspecified atom stereocenters. The van der Waals surface area contributed by atoms with Crippen molar-refractivity contribution in [3.8, 4) is 11.5 Å². The molecule has 0 aliphatic heterocycles. The second-order valence-electron chi connectivity index (χ2n) is 5.83. The molecule has 3 rings (SSSR count). The maximum Gasteiger partial charge on any atom is 0.216 e. The number of aromatic nitrogens is 3. The average molecular weight is 381 g/mol. The highest BCUT2D eigenvalue weighted by Crippen LogP contribution is 2.39. The third-order valence-electron chi connectivity index (χ3n) is 3.72. The Bertz CT molecular complexity index is 827. The first-order valence-electron chi connectivity index (χ1n) is 8.44. The summed E-state index contributed by atoms with van der Waals surface area (Å²) < 4.78 is 13.5. The third-order valence-corrected chi connectivity index (χ3v) is 4.27. The van der Waals surface area contributed by atoms with Gasteiger partial charge in [0.15, 0.2) is 17.3 Å². The van der Waals surface area contributed by atoms with Gasteiger partial charge < -0.3 is 9.47 Å². The lowest BCUT2D eigenvalue weighted by Gasteiger charge is -2.13. The Morgan fingerprint density at radius 3 is 2.88 bits per heavy atom. The summed E-state index contributed by atoms with van der Waals surface area (Å²) in [4.78, 5) is 0. The molecule has 1 aliphatic carbocycles. The predicted molar refractivity (Wildman–Crippen MR) is 101 cm³/mol. The van der Waals surface area contributed by atoms with Crippen LogP contribution in [0.1, 0.15) is 50.4 Å². The normalized spacial score (nSPS) is 14.2. The van der Waals surface area contributed by atoms with Gasteiger partial charge in [-0.1, -0.05) is 18.5 Å². The van der Waals surface area contributed by atoms with Gasteiger partial charge >= 0.3 is 0 Å². The van der Waals surface area contributed by atoms with Crippen molar-refractivity contribution in [1.29, 1.82) is 0 Å². The van der Waals surface area contributed by atoms with Crippen molar-refractivity contribution in [3.63, 3.8) is 0 Å². The van der Waals surface area contributed by atoms with E-state index in [0.717, 1.165) is 30.7 Å². The van der Waals surface area contributed by atoms with Gasteiger partial charge in [-0.3, -0.25) is 5.10 Å². The summed E-state index contributed by atoms with van der Waals surface area (Å²) in [5.41, 5.74) is 0.808. The van der Waals surface area contributed by atoms with E-state index in [1.807, 2.05) is 19.9 Å². The van der Waals surface area contributed by atoms with Crippen molar-refractivity contribution in [2.24, 2.45) is 5.10 Å². The smallest absolute Gasteiger partial charge is 0.216 e. The molecule has 1 aliphatic rings. The first-order valence-corrected chi connectivity index (χ1v) is 9.23. The van der Waals surface area contributed by atoms with E-state index in [1.54, 1.807) is 17.0 Å². The van der Waals surface area contributed by atoms with Gasteiger partial charge in [0, 0.05) is 5.92 Å². The van der Waals surface area contributed by atoms with Crippen LogP contribution < -0.4 is 9.47 Å². The van der Waals surface area contributed by atoms with Gasteiger partial charge in [0.25, 0.3) is 0 Å².